The van der Waals surface area contributed by atoms with Crippen molar-refractivity contribution in [1.29, 1.82) is 0 Å². The molecule has 0 atom stereocenters. The van der Waals surface area contributed by atoms with Crippen LogP contribution in [0.5, 0.6) is 11.5 Å². The van der Waals surface area contributed by atoms with E-state index in [1.165, 1.54) is 6.07 Å². The highest BCUT2D eigenvalue weighted by Crippen LogP contribution is 2.28. The van der Waals surface area contributed by atoms with Gasteiger partial charge in [-0.2, -0.15) is 0 Å². The van der Waals surface area contributed by atoms with Crippen LogP contribution in [0.15, 0.2) is 54.6 Å². The molecule has 0 aliphatic heterocycles. The number of hydrogen-bond acceptors (Lipinski definition) is 4. The SMILES string of the molecule is O=C(OCCOc1ccc(Cl)cc1Cl)c1cc2ccccc2cc1O. The maximum atomic E-state index is 12.2. The predicted octanol–water partition coefficient (Wildman–Crippen LogP) is 5.09. The first-order chi connectivity index (χ1) is 12.0. The zero-order valence-electron chi connectivity index (χ0n) is 13.0. The number of fused-ring (bicyclic) bond motifs is 1. The van der Waals surface area contributed by atoms with E-state index in [0.717, 1.165) is 10.8 Å². The van der Waals surface area contributed by atoms with Gasteiger partial charge in [0.15, 0.2) is 0 Å². The number of halogens is 2. The van der Waals surface area contributed by atoms with Crippen molar-refractivity contribution in [3.63, 3.8) is 0 Å². The van der Waals surface area contributed by atoms with Crippen LogP contribution >= 0.6 is 23.2 Å². The van der Waals surface area contributed by atoms with Crippen molar-refractivity contribution < 1.29 is 19.4 Å². The van der Waals surface area contributed by atoms with Crippen LogP contribution < -0.4 is 4.74 Å². The van der Waals surface area contributed by atoms with E-state index in [-0.39, 0.29) is 24.5 Å². The largest absolute Gasteiger partial charge is 0.507 e. The topological polar surface area (TPSA) is 55.8 Å². The number of ether oxygens (including phenoxy) is 2. The summed E-state index contributed by atoms with van der Waals surface area (Å²) >= 11 is 11.8. The molecule has 3 rings (SSSR count). The van der Waals surface area contributed by atoms with Gasteiger partial charge in [-0.15, -0.1) is 0 Å². The number of aromatic hydroxyl groups is 1. The van der Waals surface area contributed by atoms with E-state index in [4.69, 9.17) is 32.7 Å². The Labute approximate surface area is 154 Å². The minimum absolute atomic E-state index is 0.0179. The lowest BCUT2D eigenvalue weighted by Gasteiger charge is -2.10. The molecule has 6 heteroatoms. The van der Waals surface area contributed by atoms with E-state index >= 15 is 0 Å². The summed E-state index contributed by atoms with van der Waals surface area (Å²) in [6.07, 6.45) is 0. The number of phenolic OH excluding ortho intramolecular Hbond substituents is 1. The summed E-state index contributed by atoms with van der Waals surface area (Å²) in [6, 6.07) is 15.4. The van der Waals surface area contributed by atoms with Crippen LogP contribution in [-0.4, -0.2) is 24.3 Å². The van der Waals surface area contributed by atoms with Gasteiger partial charge >= 0.3 is 5.97 Å². The van der Waals surface area contributed by atoms with Crippen molar-refractivity contribution >= 4 is 39.9 Å². The number of esters is 1. The van der Waals surface area contributed by atoms with Crippen LogP contribution in [0.25, 0.3) is 10.8 Å². The van der Waals surface area contributed by atoms with Crippen LogP contribution in [0.3, 0.4) is 0 Å². The van der Waals surface area contributed by atoms with Crippen molar-refractivity contribution in [3.05, 3.63) is 70.2 Å². The minimum atomic E-state index is -0.617. The lowest BCUT2D eigenvalue weighted by Crippen LogP contribution is -2.12. The molecule has 128 valence electrons. The Morgan fingerprint density at radius 1 is 0.960 bits per heavy atom. The molecule has 3 aromatic carbocycles. The van der Waals surface area contributed by atoms with Gasteiger partial charge in [0, 0.05) is 5.02 Å². The molecule has 0 amide bonds. The van der Waals surface area contributed by atoms with Crippen LogP contribution in [-0.2, 0) is 4.74 Å². The zero-order chi connectivity index (χ0) is 17.8. The van der Waals surface area contributed by atoms with E-state index in [9.17, 15) is 9.90 Å². The third kappa shape index (κ3) is 4.16. The first-order valence-electron chi connectivity index (χ1n) is 7.51. The van der Waals surface area contributed by atoms with Gasteiger partial charge in [-0.25, -0.2) is 4.79 Å². The molecule has 0 fully saturated rings. The maximum absolute atomic E-state index is 12.2. The zero-order valence-corrected chi connectivity index (χ0v) is 14.6. The van der Waals surface area contributed by atoms with E-state index in [2.05, 4.69) is 0 Å². The number of carbonyl (C=O) groups excluding carboxylic acids is 1. The third-order valence-corrected chi connectivity index (χ3v) is 4.08. The van der Waals surface area contributed by atoms with Gasteiger partial charge in [-0.3, -0.25) is 0 Å². The van der Waals surface area contributed by atoms with Crippen LogP contribution in [0.1, 0.15) is 10.4 Å². The Bertz CT molecular complexity index is 924. The monoisotopic (exact) mass is 376 g/mol. The summed E-state index contributed by atoms with van der Waals surface area (Å²) in [6.45, 7) is 0.144. The molecule has 0 spiro atoms. The van der Waals surface area contributed by atoms with E-state index in [1.807, 2.05) is 24.3 Å². The molecule has 0 aromatic heterocycles. The first-order valence-corrected chi connectivity index (χ1v) is 8.27. The molecule has 0 saturated heterocycles. The Morgan fingerprint density at radius 2 is 1.68 bits per heavy atom. The molecule has 25 heavy (non-hydrogen) atoms. The fourth-order valence-corrected chi connectivity index (χ4v) is 2.81. The molecule has 3 aromatic rings. The van der Waals surface area contributed by atoms with E-state index in [1.54, 1.807) is 24.3 Å². The number of phenols is 1. The maximum Gasteiger partial charge on any atom is 0.342 e. The normalized spacial score (nSPS) is 10.6. The van der Waals surface area contributed by atoms with Crippen LogP contribution in [0.2, 0.25) is 10.0 Å². The van der Waals surface area contributed by atoms with Gasteiger partial charge in [0.1, 0.15) is 30.3 Å². The molecule has 0 unspecified atom stereocenters. The summed E-state index contributed by atoms with van der Waals surface area (Å²) in [5.41, 5.74) is 0.114. The molecule has 0 aliphatic rings. The van der Waals surface area contributed by atoms with Crippen molar-refractivity contribution in [1.82, 2.24) is 0 Å². The average molecular weight is 377 g/mol. The van der Waals surface area contributed by atoms with Gasteiger partial charge in [0.2, 0.25) is 0 Å². The van der Waals surface area contributed by atoms with Crippen molar-refractivity contribution in [3.8, 4) is 11.5 Å². The molecule has 0 saturated carbocycles. The second-order valence-electron chi connectivity index (χ2n) is 5.28. The van der Waals surface area contributed by atoms with Crippen LogP contribution in [0, 0.1) is 0 Å². The molecular formula is C19H14Cl2O4. The molecule has 0 radical (unpaired) electrons. The molecule has 4 nitrogen and oxygen atoms in total. The van der Waals surface area contributed by atoms with Crippen molar-refractivity contribution in [2.75, 3.05) is 13.2 Å². The summed E-state index contributed by atoms with van der Waals surface area (Å²) in [4.78, 5) is 12.2. The number of carbonyl (C=O) groups is 1. The van der Waals surface area contributed by atoms with Gasteiger partial charge in [-0.05, 0) is 41.1 Å². The highest BCUT2D eigenvalue weighted by Gasteiger charge is 2.14. The predicted molar refractivity (Wildman–Crippen MR) is 97.9 cm³/mol. The van der Waals surface area contributed by atoms with Crippen molar-refractivity contribution in [2.24, 2.45) is 0 Å². The lowest BCUT2D eigenvalue weighted by atomic mass is 10.1. The van der Waals surface area contributed by atoms with Gasteiger partial charge < -0.3 is 14.6 Å². The quantitative estimate of drug-likeness (QED) is 0.497. The fraction of sp³-hybridized carbons (Fsp3) is 0.105. The summed E-state index contributed by atoms with van der Waals surface area (Å²) in [7, 11) is 0. The second-order valence-corrected chi connectivity index (χ2v) is 6.12. The van der Waals surface area contributed by atoms with E-state index < -0.39 is 5.97 Å². The minimum Gasteiger partial charge on any atom is -0.507 e. The fourth-order valence-electron chi connectivity index (χ4n) is 2.35. The Morgan fingerprint density at radius 3 is 2.40 bits per heavy atom. The molecule has 0 bridgehead atoms. The Balaban J connectivity index is 1.60. The van der Waals surface area contributed by atoms with Gasteiger partial charge in [-0.1, -0.05) is 47.5 Å². The highest BCUT2D eigenvalue weighted by atomic mass is 35.5. The number of rotatable bonds is 5. The lowest BCUT2D eigenvalue weighted by molar-refractivity contribution is 0.0447. The Kier molecular flexibility index (Phi) is 5.31. The molecule has 0 heterocycles. The first kappa shape index (κ1) is 17.4. The van der Waals surface area contributed by atoms with Crippen LogP contribution in [0.4, 0.5) is 0 Å². The van der Waals surface area contributed by atoms with Gasteiger partial charge in [0.25, 0.3) is 0 Å². The van der Waals surface area contributed by atoms with Gasteiger partial charge in [0.05, 0.1) is 5.02 Å². The summed E-state index contributed by atoms with van der Waals surface area (Å²) in [5.74, 6) is -0.282. The molecule has 0 aliphatic carbocycles. The third-order valence-electron chi connectivity index (χ3n) is 3.55. The Hall–Kier alpha value is -2.43. The van der Waals surface area contributed by atoms with E-state index in [0.29, 0.717) is 15.8 Å². The smallest absolute Gasteiger partial charge is 0.342 e. The molecule has 1 N–H and O–H groups in total. The standard InChI is InChI=1S/C19H14Cl2O4/c20-14-5-6-18(16(21)11-14)24-7-8-25-19(23)15-9-12-3-1-2-4-13(12)10-17(15)22/h1-6,9-11,22H,7-8H2. The summed E-state index contributed by atoms with van der Waals surface area (Å²) in [5, 5.41) is 12.6. The number of benzene rings is 3. The summed E-state index contributed by atoms with van der Waals surface area (Å²) < 4.78 is 10.6. The average Bonchev–Trinajstić information content (AvgIpc) is 2.59. The number of hydrogen-bond donors (Lipinski definition) is 1. The second kappa shape index (κ2) is 7.64. The highest BCUT2D eigenvalue weighted by molar-refractivity contribution is 6.35. The molecular weight excluding hydrogens is 363 g/mol. The van der Waals surface area contributed by atoms with Crippen molar-refractivity contribution in [2.45, 2.75) is 0 Å².